The van der Waals surface area contributed by atoms with E-state index < -0.39 is 5.41 Å². The van der Waals surface area contributed by atoms with E-state index in [9.17, 15) is 4.79 Å². The molecule has 1 aliphatic rings. The number of nitrogens with zero attached hydrogens (tertiary/aromatic N) is 2. The van der Waals surface area contributed by atoms with Gasteiger partial charge in [-0.2, -0.15) is 4.98 Å². The molecule has 0 amide bonds. The Balaban J connectivity index is 1.88. The van der Waals surface area contributed by atoms with Crippen molar-refractivity contribution in [2.45, 2.75) is 25.2 Å². The summed E-state index contributed by atoms with van der Waals surface area (Å²) < 4.78 is 11.3. The number of rotatable bonds is 4. The third kappa shape index (κ3) is 2.21. The van der Waals surface area contributed by atoms with Crippen LogP contribution in [0, 0.1) is 0 Å². The molecule has 7 heteroatoms. The van der Waals surface area contributed by atoms with Gasteiger partial charge < -0.3 is 9.26 Å². The van der Waals surface area contributed by atoms with Gasteiger partial charge in [0.2, 0.25) is 11.7 Å². The molecule has 0 saturated heterocycles. The van der Waals surface area contributed by atoms with Crippen molar-refractivity contribution in [1.82, 2.24) is 10.1 Å². The monoisotopic (exact) mass is 342 g/mol. The van der Waals surface area contributed by atoms with E-state index >= 15 is 0 Å². The van der Waals surface area contributed by atoms with Crippen LogP contribution < -0.4 is 0 Å². The highest BCUT2D eigenvalue weighted by molar-refractivity contribution is 9.10. The Bertz CT molecular complexity index is 618. The van der Waals surface area contributed by atoms with Crippen LogP contribution in [0.3, 0.4) is 0 Å². The first-order valence-corrected chi connectivity index (χ1v) is 7.59. The zero-order valence-electron chi connectivity index (χ0n) is 10.2. The molecule has 1 saturated carbocycles. The summed E-state index contributed by atoms with van der Waals surface area (Å²) in [6, 6.07) is 1.92. The number of esters is 1. The molecular weight excluding hydrogens is 332 g/mol. The average molecular weight is 343 g/mol. The molecule has 0 spiro atoms. The van der Waals surface area contributed by atoms with Gasteiger partial charge in [0.15, 0.2) is 0 Å². The highest BCUT2D eigenvalue weighted by Gasteiger charge is 2.57. The lowest BCUT2D eigenvalue weighted by Crippen LogP contribution is -2.23. The fraction of sp³-hybridized carbons (Fsp3) is 0.417. The summed E-state index contributed by atoms with van der Waals surface area (Å²) in [4.78, 5) is 17.2. The molecular formula is C12H11BrN2O3S. The van der Waals surface area contributed by atoms with Gasteiger partial charge in [-0.1, -0.05) is 5.16 Å². The summed E-state index contributed by atoms with van der Waals surface area (Å²) in [5.41, 5.74) is -0.699. The summed E-state index contributed by atoms with van der Waals surface area (Å²) in [6.45, 7) is 2.15. The van der Waals surface area contributed by atoms with Gasteiger partial charge in [-0.15, -0.1) is 11.3 Å². The fourth-order valence-electron chi connectivity index (χ4n) is 1.85. The van der Waals surface area contributed by atoms with Crippen molar-refractivity contribution in [3.8, 4) is 10.7 Å². The largest absolute Gasteiger partial charge is 0.465 e. The lowest BCUT2D eigenvalue weighted by molar-refractivity contribution is -0.146. The third-order valence-corrected chi connectivity index (χ3v) is 4.73. The minimum Gasteiger partial charge on any atom is -0.465 e. The maximum atomic E-state index is 11.9. The van der Waals surface area contributed by atoms with Gasteiger partial charge in [0.1, 0.15) is 5.41 Å². The molecule has 0 aliphatic heterocycles. The van der Waals surface area contributed by atoms with Crippen molar-refractivity contribution in [3.63, 3.8) is 0 Å². The highest BCUT2D eigenvalue weighted by Crippen LogP contribution is 2.49. The molecule has 5 nitrogen and oxygen atoms in total. The second-order valence-corrected chi connectivity index (χ2v) is 6.18. The number of halogens is 1. The molecule has 2 aromatic rings. The van der Waals surface area contributed by atoms with Crippen molar-refractivity contribution >= 4 is 33.2 Å². The van der Waals surface area contributed by atoms with E-state index in [-0.39, 0.29) is 5.97 Å². The Kier molecular flexibility index (Phi) is 3.18. The van der Waals surface area contributed by atoms with Crippen LogP contribution in [-0.4, -0.2) is 22.7 Å². The molecule has 1 aliphatic carbocycles. The molecule has 0 bridgehead atoms. The summed E-state index contributed by atoms with van der Waals surface area (Å²) >= 11 is 4.90. The maximum absolute atomic E-state index is 11.9. The molecule has 100 valence electrons. The van der Waals surface area contributed by atoms with E-state index in [1.165, 1.54) is 11.3 Å². The van der Waals surface area contributed by atoms with Crippen LogP contribution in [0.4, 0.5) is 0 Å². The van der Waals surface area contributed by atoms with Gasteiger partial charge in [0, 0.05) is 9.85 Å². The molecule has 1 fully saturated rings. The molecule has 19 heavy (non-hydrogen) atoms. The standard InChI is InChI=1S/C12H11BrN2O3S/c1-2-17-11(16)12(3-4-12)10-14-9(15-18-10)8-5-7(13)6-19-8/h5-6H,2-4H2,1H3. The Hall–Kier alpha value is -1.21. The first kappa shape index (κ1) is 12.8. The smallest absolute Gasteiger partial charge is 0.321 e. The topological polar surface area (TPSA) is 65.2 Å². The summed E-state index contributed by atoms with van der Waals surface area (Å²) in [7, 11) is 0. The van der Waals surface area contributed by atoms with Crippen LogP contribution in [0.15, 0.2) is 20.4 Å². The van der Waals surface area contributed by atoms with E-state index in [0.717, 1.165) is 9.35 Å². The highest BCUT2D eigenvalue weighted by atomic mass is 79.9. The minimum absolute atomic E-state index is 0.266. The van der Waals surface area contributed by atoms with Gasteiger partial charge >= 0.3 is 5.97 Å². The van der Waals surface area contributed by atoms with E-state index in [4.69, 9.17) is 9.26 Å². The minimum atomic E-state index is -0.699. The first-order valence-electron chi connectivity index (χ1n) is 5.91. The van der Waals surface area contributed by atoms with Crippen molar-refractivity contribution < 1.29 is 14.1 Å². The van der Waals surface area contributed by atoms with E-state index in [1.807, 2.05) is 11.4 Å². The van der Waals surface area contributed by atoms with Crippen molar-refractivity contribution in [2.75, 3.05) is 6.61 Å². The number of hydrogen-bond donors (Lipinski definition) is 0. The first-order chi connectivity index (χ1) is 9.15. The van der Waals surface area contributed by atoms with Crippen molar-refractivity contribution in [3.05, 3.63) is 21.8 Å². The Labute approximate surface area is 122 Å². The number of thiophene rings is 1. The zero-order valence-corrected chi connectivity index (χ0v) is 12.6. The molecule has 0 aromatic carbocycles. The van der Waals surface area contributed by atoms with Crippen LogP contribution in [0.1, 0.15) is 25.7 Å². The van der Waals surface area contributed by atoms with Gasteiger partial charge in [0.05, 0.1) is 11.5 Å². The molecule has 0 unspecified atom stereocenters. The van der Waals surface area contributed by atoms with Crippen LogP contribution in [0.25, 0.3) is 10.7 Å². The van der Waals surface area contributed by atoms with E-state index in [0.29, 0.717) is 31.2 Å². The molecule has 0 radical (unpaired) electrons. The lowest BCUT2D eigenvalue weighted by atomic mass is 10.1. The predicted molar refractivity (Wildman–Crippen MR) is 72.9 cm³/mol. The predicted octanol–water partition coefficient (Wildman–Crippen LogP) is 3.16. The van der Waals surface area contributed by atoms with Gasteiger partial charge in [-0.05, 0) is 41.8 Å². The Morgan fingerprint density at radius 2 is 2.42 bits per heavy atom. The Morgan fingerprint density at radius 3 is 3.00 bits per heavy atom. The van der Waals surface area contributed by atoms with E-state index in [2.05, 4.69) is 26.1 Å². The van der Waals surface area contributed by atoms with Crippen LogP contribution in [0.5, 0.6) is 0 Å². The molecule has 0 atom stereocenters. The second-order valence-electron chi connectivity index (χ2n) is 4.35. The number of carbonyl (C=O) groups excluding carboxylic acids is 1. The SMILES string of the molecule is CCOC(=O)C1(c2nc(-c3cc(Br)cs3)no2)CC1. The van der Waals surface area contributed by atoms with E-state index in [1.54, 1.807) is 6.92 Å². The summed E-state index contributed by atoms with van der Waals surface area (Å²) in [6.07, 6.45) is 1.42. The number of ether oxygens (including phenoxy) is 1. The number of carbonyl (C=O) groups is 1. The van der Waals surface area contributed by atoms with Gasteiger partial charge in [-0.3, -0.25) is 4.79 Å². The number of aromatic nitrogens is 2. The van der Waals surface area contributed by atoms with Crippen molar-refractivity contribution in [2.24, 2.45) is 0 Å². The Morgan fingerprint density at radius 1 is 1.63 bits per heavy atom. The molecule has 2 aromatic heterocycles. The normalized spacial score (nSPS) is 16.3. The average Bonchev–Trinajstić information content (AvgIpc) is 2.84. The zero-order chi connectivity index (χ0) is 13.5. The van der Waals surface area contributed by atoms with Crippen LogP contribution in [-0.2, 0) is 14.9 Å². The quantitative estimate of drug-likeness (QED) is 0.798. The second kappa shape index (κ2) is 4.72. The van der Waals surface area contributed by atoms with Crippen LogP contribution in [0.2, 0.25) is 0 Å². The summed E-state index contributed by atoms with van der Waals surface area (Å²) in [5, 5.41) is 5.89. The van der Waals surface area contributed by atoms with Gasteiger partial charge in [0.25, 0.3) is 0 Å². The maximum Gasteiger partial charge on any atom is 0.321 e. The molecule has 2 heterocycles. The van der Waals surface area contributed by atoms with Crippen molar-refractivity contribution in [1.29, 1.82) is 0 Å². The van der Waals surface area contributed by atoms with Crippen LogP contribution >= 0.6 is 27.3 Å². The fourth-order valence-corrected chi connectivity index (χ4v) is 3.20. The van der Waals surface area contributed by atoms with Gasteiger partial charge in [-0.25, -0.2) is 0 Å². The third-order valence-electron chi connectivity index (χ3n) is 3.04. The molecule has 0 N–H and O–H groups in total. The lowest BCUT2D eigenvalue weighted by Gasteiger charge is -2.07. The summed E-state index contributed by atoms with van der Waals surface area (Å²) in [5.74, 6) is 0.615. The molecule has 3 rings (SSSR count). The number of hydrogen-bond acceptors (Lipinski definition) is 6.